The summed E-state index contributed by atoms with van der Waals surface area (Å²) in [5.74, 6) is -1.06. The van der Waals surface area contributed by atoms with Crippen molar-refractivity contribution in [2.45, 2.75) is 45.3 Å². The molecule has 1 saturated carbocycles. The molecule has 15 heavy (non-hydrogen) atoms. The van der Waals surface area contributed by atoms with Crippen LogP contribution in [-0.4, -0.2) is 33.0 Å². The monoisotopic (exact) mass is 214 g/mol. The maximum Gasteiger partial charge on any atom is 0.328 e. The Bertz CT molecular complexity index is 282. The van der Waals surface area contributed by atoms with Gasteiger partial charge in [0.25, 0.3) is 0 Å². The third kappa shape index (κ3) is 2.58. The molecule has 0 aromatic rings. The highest BCUT2D eigenvalue weighted by Crippen LogP contribution is 2.45. The van der Waals surface area contributed by atoms with Crippen LogP contribution in [0.3, 0.4) is 0 Å². The van der Waals surface area contributed by atoms with Crippen LogP contribution in [0.1, 0.15) is 33.6 Å². The fraction of sp³-hybridized carbons (Fsp3) is 0.727. The van der Waals surface area contributed by atoms with Gasteiger partial charge in [0.15, 0.2) is 0 Å². The van der Waals surface area contributed by atoms with Crippen LogP contribution in [0.25, 0.3) is 0 Å². The van der Waals surface area contributed by atoms with Gasteiger partial charge in [-0.3, -0.25) is 0 Å². The van der Waals surface area contributed by atoms with Gasteiger partial charge in [0.1, 0.15) is 0 Å². The van der Waals surface area contributed by atoms with E-state index in [1.807, 2.05) is 13.8 Å². The van der Waals surface area contributed by atoms with E-state index in [1.54, 1.807) is 6.92 Å². The van der Waals surface area contributed by atoms with E-state index in [1.165, 1.54) is 0 Å². The SMILES string of the molecule is CC1(C)C[C@H](O)C[C@@](C)(O)/C1=C\C(=O)O. The fourth-order valence-corrected chi connectivity index (χ4v) is 2.54. The van der Waals surface area contributed by atoms with Gasteiger partial charge in [0.2, 0.25) is 0 Å². The molecule has 4 nitrogen and oxygen atoms in total. The molecule has 0 unspecified atom stereocenters. The number of carbonyl (C=O) groups is 1. The van der Waals surface area contributed by atoms with E-state index in [0.29, 0.717) is 12.0 Å². The predicted octanol–water partition coefficient (Wildman–Crippen LogP) is 0.929. The molecular weight excluding hydrogens is 196 g/mol. The molecule has 0 aromatic carbocycles. The molecule has 0 bridgehead atoms. The first-order valence-corrected chi connectivity index (χ1v) is 5.01. The minimum atomic E-state index is -1.24. The second-order valence-corrected chi connectivity index (χ2v) is 5.12. The number of aliphatic carboxylic acids is 1. The Morgan fingerprint density at radius 3 is 2.33 bits per heavy atom. The van der Waals surface area contributed by atoms with Crippen molar-refractivity contribution in [2.24, 2.45) is 5.41 Å². The molecule has 1 aliphatic carbocycles. The van der Waals surface area contributed by atoms with Gasteiger partial charge < -0.3 is 15.3 Å². The summed E-state index contributed by atoms with van der Waals surface area (Å²) >= 11 is 0. The first-order valence-electron chi connectivity index (χ1n) is 5.01. The van der Waals surface area contributed by atoms with Crippen LogP contribution in [0.15, 0.2) is 11.6 Å². The van der Waals surface area contributed by atoms with Crippen LogP contribution in [-0.2, 0) is 4.79 Å². The molecule has 2 atom stereocenters. The van der Waals surface area contributed by atoms with Gasteiger partial charge in [-0.1, -0.05) is 13.8 Å². The number of hydrogen-bond acceptors (Lipinski definition) is 3. The quantitative estimate of drug-likeness (QED) is 0.567. The van der Waals surface area contributed by atoms with Crippen molar-refractivity contribution >= 4 is 5.97 Å². The average Bonchev–Trinajstić information content (AvgIpc) is 1.94. The summed E-state index contributed by atoms with van der Waals surface area (Å²) in [4.78, 5) is 10.7. The molecule has 86 valence electrons. The minimum absolute atomic E-state index is 0.190. The van der Waals surface area contributed by atoms with Crippen molar-refractivity contribution in [1.29, 1.82) is 0 Å². The zero-order valence-electron chi connectivity index (χ0n) is 9.32. The first-order chi connectivity index (χ1) is 6.65. The highest BCUT2D eigenvalue weighted by atomic mass is 16.4. The van der Waals surface area contributed by atoms with E-state index in [-0.39, 0.29) is 6.42 Å². The molecule has 0 heterocycles. The summed E-state index contributed by atoms with van der Waals surface area (Å²) in [6, 6.07) is 0. The van der Waals surface area contributed by atoms with E-state index < -0.39 is 23.1 Å². The summed E-state index contributed by atoms with van der Waals surface area (Å²) in [6.07, 6.45) is 1.14. The number of hydrogen-bond donors (Lipinski definition) is 3. The second-order valence-electron chi connectivity index (χ2n) is 5.12. The standard InChI is InChI=1S/C11H18O4/c1-10(2)5-7(12)6-11(3,15)8(10)4-9(13)14/h4,7,12,15H,5-6H2,1-3H3,(H,13,14)/b8-4-/t7-,11+/m0/s1. The zero-order chi connectivity index (χ0) is 11.9. The van der Waals surface area contributed by atoms with Gasteiger partial charge in [0.05, 0.1) is 11.7 Å². The summed E-state index contributed by atoms with van der Waals surface area (Å²) in [5, 5.41) is 28.4. The molecule has 0 amide bonds. The molecule has 0 aromatic heterocycles. The normalized spacial score (nSPS) is 37.9. The molecule has 0 radical (unpaired) electrons. The minimum Gasteiger partial charge on any atom is -0.478 e. The van der Waals surface area contributed by atoms with Crippen molar-refractivity contribution in [3.63, 3.8) is 0 Å². The van der Waals surface area contributed by atoms with E-state index >= 15 is 0 Å². The lowest BCUT2D eigenvalue weighted by Gasteiger charge is -2.44. The van der Waals surface area contributed by atoms with Crippen LogP contribution in [0.5, 0.6) is 0 Å². The fourth-order valence-electron chi connectivity index (χ4n) is 2.54. The summed E-state index contributed by atoms with van der Waals surface area (Å²) in [7, 11) is 0. The number of carboxylic acids is 1. The van der Waals surface area contributed by atoms with E-state index in [4.69, 9.17) is 5.11 Å². The number of rotatable bonds is 1. The van der Waals surface area contributed by atoms with E-state index in [0.717, 1.165) is 6.08 Å². The molecule has 0 aliphatic heterocycles. The molecule has 0 spiro atoms. The van der Waals surface area contributed by atoms with Gasteiger partial charge in [-0.05, 0) is 24.3 Å². The van der Waals surface area contributed by atoms with Crippen molar-refractivity contribution in [3.8, 4) is 0 Å². The summed E-state index contributed by atoms with van der Waals surface area (Å²) in [5.41, 5.74) is -1.24. The maximum atomic E-state index is 10.7. The highest BCUT2D eigenvalue weighted by Gasteiger charge is 2.44. The van der Waals surface area contributed by atoms with Gasteiger partial charge in [-0.25, -0.2) is 4.79 Å². The predicted molar refractivity (Wildman–Crippen MR) is 55.4 cm³/mol. The zero-order valence-corrected chi connectivity index (χ0v) is 9.32. The Morgan fingerprint density at radius 2 is 1.93 bits per heavy atom. The largest absolute Gasteiger partial charge is 0.478 e. The van der Waals surface area contributed by atoms with Gasteiger partial charge in [-0.15, -0.1) is 0 Å². The lowest BCUT2D eigenvalue weighted by molar-refractivity contribution is -0.132. The van der Waals surface area contributed by atoms with Gasteiger partial charge >= 0.3 is 5.97 Å². The second kappa shape index (κ2) is 3.61. The first kappa shape index (κ1) is 12.2. The number of aliphatic hydroxyl groups excluding tert-OH is 1. The Hall–Kier alpha value is -0.870. The Morgan fingerprint density at radius 1 is 1.40 bits per heavy atom. The number of aliphatic hydroxyl groups is 2. The number of carboxylic acid groups (broad SMARTS) is 1. The Labute approximate surface area is 89.2 Å². The van der Waals surface area contributed by atoms with Gasteiger partial charge in [0, 0.05) is 12.5 Å². The van der Waals surface area contributed by atoms with Crippen molar-refractivity contribution < 1.29 is 20.1 Å². The van der Waals surface area contributed by atoms with Crippen molar-refractivity contribution in [3.05, 3.63) is 11.6 Å². The molecule has 1 aliphatic rings. The van der Waals surface area contributed by atoms with E-state index in [9.17, 15) is 15.0 Å². The van der Waals surface area contributed by atoms with Crippen LogP contribution in [0, 0.1) is 5.41 Å². The molecule has 3 N–H and O–H groups in total. The molecule has 4 heteroatoms. The molecule has 1 fully saturated rings. The Balaban J connectivity index is 3.14. The van der Waals surface area contributed by atoms with Crippen molar-refractivity contribution in [1.82, 2.24) is 0 Å². The molecule has 1 rings (SSSR count). The topological polar surface area (TPSA) is 77.8 Å². The highest BCUT2D eigenvalue weighted by molar-refractivity contribution is 5.81. The average molecular weight is 214 g/mol. The smallest absolute Gasteiger partial charge is 0.328 e. The maximum absolute atomic E-state index is 10.7. The van der Waals surface area contributed by atoms with Crippen LogP contribution >= 0.6 is 0 Å². The summed E-state index contributed by atoms with van der Waals surface area (Å²) < 4.78 is 0. The van der Waals surface area contributed by atoms with Gasteiger partial charge in [-0.2, -0.15) is 0 Å². The van der Waals surface area contributed by atoms with Crippen LogP contribution in [0.4, 0.5) is 0 Å². The lowest BCUT2D eigenvalue weighted by atomic mass is 9.65. The van der Waals surface area contributed by atoms with Crippen LogP contribution in [0.2, 0.25) is 0 Å². The van der Waals surface area contributed by atoms with Crippen molar-refractivity contribution in [2.75, 3.05) is 0 Å². The van der Waals surface area contributed by atoms with E-state index in [2.05, 4.69) is 0 Å². The molecule has 0 saturated heterocycles. The molecular formula is C11H18O4. The Kier molecular flexibility index (Phi) is 2.94. The third-order valence-electron chi connectivity index (χ3n) is 2.96. The van der Waals surface area contributed by atoms with Crippen LogP contribution < -0.4 is 0 Å². The summed E-state index contributed by atoms with van der Waals surface area (Å²) in [6.45, 7) is 5.21. The lowest BCUT2D eigenvalue weighted by Crippen LogP contribution is -2.45. The third-order valence-corrected chi connectivity index (χ3v) is 2.96.